The molecule has 6 nitrogen and oxygen atoms in total. The van der Waals surface area contributed by atoms with E-state index in [-0.39, 0.29) is 12.1 Å². The van der Waals surface area contributed by atoms with E-state index in [0.717, 1.165) is 12.1 Å². The van der Waals surface area contributed by atoms with Gasteiger partial charge in [0.05, 0.1) is 6.04 Å². The Bertz CT molecular complexity index is 430. The zero-order valence-electron chi connectivity index (χ0n) is 11.6. The molecule has 1 aromatic rings. The average Bonchev–Trinajstić information content (AvgIpc) is 2.38. The van der Waals surface area contributed by atoms with E-state index >= 15 is 0 Å². The number of ether oxygens (including phenoxy) is 1. The molecule has 1 fully saturated rings. The Morgan fingerprint density at radius 2 is 2.11 bits per heavy atom. The monoisotopic (exact) mass is 264 g/mol. The molecule has 1 aliphatic rings. The Hall–Kier alpha value is -1.69. The summed E-state index contributed by atoms with van der Waals surface area (Å²) >= 11 is 0. The number of nitrogens with one attached hydrogen (secondary N) is 1. The van der Waals surface area contributed by atoms with E-state index in [1.54, 1.807) is 17.3 Å². The summed E-state index contributed by atoms with van der Waals surface area (Å²) in [7, 11) is 0. The number of nitrogens with zero attached hydrogens (tertiary/aromatic N) is 3. The van der Waals surface area contributed by atoms with Crippen molar-refractivity contribution in [3.8, 4) is 0 Å². The minimum atomic E-state index is -0.486. The van der Waals surface area contributed by atoms with Gasteiger partial charge in [0.2, 0.25) is 0 Å². The van der Waals surface area contributed by atoms with Crippen molar-refractivity contribution in [3.05, 3.63) is 24.3 Å². The maximum atomic E-state index is 12.2. The van der Waals surface area contributed by atoms with Crippen LogP contribution in [0.25, 0.3) is 0 Å². The Morgan fingerprint density at radius 1 is 1.42 bits per heavy atom. The average molecular weight is 264 g/mol. The minimum absolute atomic E-state index is 0.0789. The molecule has 0 radical (unpaired) electrons. The van der Waals surface area contributed by atoms with Crippen LogP contribution >= 0.6 is 0 Å². The molecule has 1 N–H and O–H groups in total. The first-order valence-corrected chi connectivity index (χ1v) is 6.42. The number of rotatable bonds is 1. The second-order valence-electron chi connectivity index (χ2n) is 5.57. The summed E-state index contributed by atoms with van der Waals surface area (Å²) in [6.45, 7) is 7.68. The highest BCUT2D eigenvalue weighted by molar-refractivity contribution is 5.69. The summed E-state index contributed by atoms with van der Waals surface area (Å²) in [5, 5.41) is 3.28. The molecule has 0 spiro atoms. The Kier molecular flexibility index (Phi) is 3.99. The van der Waals surface area contributed by atoms with Crippen molar-refractivity contribution in [1.29, 1.82) is 0 Å². The van der Waals surface area contributed by atoms with Gasteiger partial charge in [0.25, 0.3) is 0 Å². The van der Waals surface area contributed by atoms with E-state index in [9.17, 15) is 4.79 Å². The topological polar surface area (TPSA) is 67.3 Å². The highest BCUT2D eigenvalue weighted by atomic mass is 16.6. The number of hydrogen-bond acceptors (Lipinski definition) is 5. The number of amides is 1. The molecule has 104 valence electrons. The Labute approximate surface area is 113 Å². The van der Waals surface area contributed by atoms with Crippen molar-refractivity contribution in [2.24, 2.45) is 0 Å². The smallest absolute Gasteiger partial charge is 0.410 e. The number of carbonyl (C=O) groups excluding carboxylic acids is 1. The molecule has 1 atom stereocenters. The molecule has 0 aliphatic carbocycles. The van der Waals surface area contributed by atoms with Crippen LogP contribution in [0.4, 0.5) is 4.79 Å². The quantitative estimate of drug-likeness (QED) is 0.829. The van der Waals surface area contributed by atoms with E-state index in [2.05, 4.69) is 15.3 Å². The van der Waals surface area contributed by atoms with Crippen LogP contribution in [-0.2, 0) is 4.74 Å². The fourth-order valence-electron chi connectivity index (χ4n) is 2.02. The van der Waals surface area contributed by atoms with Crippen LogP contribution in [0.5, 0.6) is 0 Å². The van der Waals surface area contributed by atoms with E-state index in [0.29, 0.717) is 13.1 Å². The molecule has 19 heavy (non-hydrogen) atoms. The largest absolute Gasteiger partial charge is 0.444 e. The summed E-state index contributed by atoms with van der Waals surface area (Å²) < 4.78 is 5.45. The van der Waals surface area contributed by atoms with Gasteiger partial charge in [-0.05, 0) is 20.8 Å². The number of piperazine rings is 1. The van der Waals surface area contributed by atoms with Crippen LogP contribution in [0.1, 0.15) is 32.4 Å². The summed E-state index contributed by atoms with van der Waals surface area (Å²) in [4.78, 5) is 22.0. The summed E-state index contributed by atoms with van der Waals surface area (Å²) in [5.74, 6) is 0. The van der Waals surface area contributed by atoms with Gasteiger partial charge >= 0.3 is 6.09 Å². The van der Waals surface area contributed by atoms with Crippen LogP contribution in [0.2, 0.25) is 0 Å². The van der Waals surface area contributed by atoms with Gasteiger partial charge in [0.15, 0.2) is 0 Å². The highest BCUT2D eigenvalue weighted by Gasteiger charge is 2.31. The van der Waals surface area contributed by atoms with Crippen LogP contribution in [0.15, 0.2) is 18.7 Å². The van der Waals surface area contributed by atoms with Gasteiger partial charge in [-0.2, -0.15) is 0 Å². The van der Waals surface area contributed by atoms with Crippen LogP contribution in [-0.4, -0.2) is 46.2 Å². The lowest BCUT2D eigenvalue weighted by atomic mass is 10.1. The fraction of sp³-hybridized carbons (Fsp3) is 0.615. The summed E-state index contributed by atoms with van der Waals surface area (Å²) in [5.41, 5.74) is 0.431. The standard InChI is InChI=1S/C13H20N4O2/c1-13(2,3)19-12(18)17-5-4-14-8-11(17)10-6-15-9-16-7-10/h6-7,9,11,14H,4-5,8H2,1-3H3. The molecule has 1 aliphatic heterocycles. The maximum absolute atomic E-state index is 12.2. The number of hydrogen-bond donors (Lipinski definition) is 1. The highest BCUT2D eigenvalue weighted by Crippen LogP contribution is 2.23. The SMILES string of the molecule is CC(C)(C)OC(=O)N1CCNCC1c1cncnc1. The predicted octanol–water partition coefficient (Wildman–Crippen LogP) is 1.36. The van der Waals surface area contributed by atoms with E-state index in [1.165, 1.54) is 6.33 Å². The van der Waals surface area contributed by atoms with Crippen molar-refractivity contribution >= 4 is 6.09 Å². The summed E-state index contributed by atoms with van der Waals surface area (Å²) in [6.07, 6.45) is 4.67. The van der Waals surface area contributed by atoms with Crippen LogP contribution in [0.3, 0.4) is 0 Å². The zero-order valence-corrected chi connectivity index (χ0v) is 11.6. The van der Waals surface area contributed by atoms with Gasteiger partial charge in [-0.1, -0.05) is 0 Å². The molecular weight excluding hydrogens is 244 g/mol. The molecule has 2 rings (SSSR count). The fourth-order valence-corrected chi connectivity index (χ4v) is 2.02. The molecule has 1 unspecified atom stereocenters. The van der Waals surface area contributed by atoms with E-state index in [4.69, 9.17) is 4.74 Å². The van der Waals surface area contributed by atoms with Crippen LogP contribution < -0.4 is 5.32 Å². The Balaban J connectivity index is 2.15. The lowest BCUT2D eigenvalue weighted by Crippen LogP contribution is -2.50. The van der Waals surface area contributed by atoms with Crippen molar-refractivity contribution in [2.75, 3.05) is 19.6 Å². The molecule has 1 amide bonds. The molecule has 0 saturated carbocycles. The lowest BCUT2D eigenvalue weighted by molar-refractivity contribution is 0.0117. The first-order valence-electron chi connectivity index (χ1n) is 6.42. The second-order valence-corrected chi connectivity index (χ2v) is 5.57. The predicted molar refractivity (Wildman–Crippen MR) is 70.6 cm³/mol. The first-order chi connectivity index (χ1) is 8.97. The van der Waals surface area contributed by atoms with Gasteiger partial charge in [0, 0.05) is 37.6 Å². The normalized spacial score (nSPS) is 20.2. The second kappa shape index (κ2) is 5.52. The molecule has 1 aromatic heterocycles. The Morgan fingerprint density at radius 3 is 2.74 bits per heavy atom. The van der Waals surface area contributed by atoms with Gasteiger partial charge in [-0.15, -0.1) is 0 Å². The minimum Gasteiger partial charge on any atom is -0.444 e. The molecular formula is C13H20N4O2. The molecule has 1 saturated heterocycles. The van der Waals surface area contributed by atoms with Crippen molar-refractivity contribution < 1.29 is 9.53 Å². The van der Waals surface area contributed by atoms with Gasteiger partial charge in [0.1, 0.15) is 11.9 Å². The third kappa shape index (κ3) is 3.64. The summed E-state index contributed by atoms with van der Waals surface area (Å²) in [6, 6.07) is -0.0789. The molecule has 2 heterocycles. The molecule has 0 bridgehead atoms. The maximum Gasteiger partial charge on any atom is 0.410 e. The first kappa shape index (κ1) is 13.7. The van der Waals surface area contributed by atoms with Crippen molar-refractivity contribution in [3.63, 3.8) is 0 Å². The van der Waals surface area contributed by atoms with Gasteiger partial charge < -0.3 is 10.1 Å². The lowest BCUT2D eigenvalue weighted by Gasteiger charge is -2.37. The van der Waals surface area contributed by atoms with E-state index < -0.39 is 5.60 Å². The van der Waals surface area contributed by atoms with Gasteiger partial charge in [-0.3, -0.25) is 4.90 Å². The molecule has 0 aromatic carbocycles. The third-order valence-corrected chi connectivity index (χ3v) is 2.84. The van der Waals surface area contributed by atoms with Crippen molar-refractivity contribution in [1.82, 2.24) is 20.2 Å². The number of carbonyl (C=O) groups is 1. The van der Waals surface area contributed by atoms with Crippen LogP contribution in [0, 0.1) is 0 Å². The molecule has 6 heteroatoms. The third-order valence-electron chi connectivity index (χ3n) is 2.84. The van der Waals surface area contributed by atoms with Gasteiger partial charge in [-0.25, -0.2) is 14.8 Å². The number of aromatic nitrogens is 2. The van der Waals surface area contributed by atoms with Crippen molar-refractivity contribution in [2.45, 2.75) is 32.4 Å². The van der Waals surface area contributed by atoms with E-state index in [1.807, 2.05) is 20.8 Å². The zero-order chi connectivity index (χ0) is 13.9.